The minimum atomic E-state index is -0.791. The van der Waals surface area contributed by atoms with E-state index in [0.717, 1.165) is 5.39 Å². The molecule has 19 heavy (non-hydrogen) atoms. The predicted molar refractivity (Wildman–Crippen MR) is 78.7 cm³/mol. The zero-order valence-electron chi connectivity index (χ0n) is 11.2. The van der Waals surface area contributed by atoms with Gasteiger partial charge in [0.1, 0.15) is 5.82 Å². The summed E-state index contributed by atoms with van der Waals surface area (Å²) >= 11 is 1.60. The average molecular weight is 282 g/mol. The Hall–Kier alpha value is -1.54. The van der Waals surface area contributed by atoms with Crippen molar-refractivity contribution in [3.63, 3.8) is 0 Å². The number of aromatic amines is 1. The van der Waals surface area contributed by atoms with Crippen molar-refractivity contribution in [2.75, 3.05) is 36.2 Å². The van der Waals surface area contributed by atoms with E-state index in [1.165, 1.54) is 0 Å². The molecule has 0 fully saturated rings. The zero-order valence-corrected chi connectivity index (χ0v) is 12.0. The van der Waals surface area contributed by atoms with Crippen molar-refractivity contribution < 1.29 is 5.11 Å². The topological polar surface area (TPSA) is 98.8 Å². The fraction of sp³-hybridized carbons (Fsp3) is 0.545. The number of hydrogen-bond acceptors (Lipinski definition) is 7. The van der Waals surface area contributed by atoms with E-state index in [4.69, 9.17) is 0 Å². The molecule has 1 unspecified atom stereocenters. The van der Waals surface area contributed by atoms with E-state index in [1.807, 2.05) is 6.26 Å². The number of aromatic nitrogens is 4. The van der Waals surface area contributed by atoms with Crippen LogP contribution in [0.4, 0.5) is 11.8 Å². The maximum Gasteiger partial charge on any atom is 0.226 e. The molecule has 0 bridgehead atoms. The Morgan fingerprint density at radius 1 is 1.47 bits per heavy atom. The van der Waals surface area contributed by atoms with Gasteiger partial charge in [-0.05, 0) is 13.2 Å². The summed E-state index contributed by atoms with van der Waals surface area (Å²) in [6.07, 6.45) is 3.63. The Kier molecular flexibility index (Phi) is 4.11. The Labute approximate surface area is 115 Å². The summed E-state index contributed by atoms with van der Waals surface area (Å²) in [5.41, 5.74) is -0.133. The highest BCUT2D eigenvalue weighted by Gasteiger charge is 2.20. The summed E-state index contributed by atoms with van der Waals surface area (Å²) in [7, 11) is 1.76. The molecule has 2 aromatic heterocycles. The van der Waals surface area contributed by atoms with Gasteiger partial charge in [0.25, 0.3) is 0 Å². The molecule has 8 heteroatoms. The van der Waals surface area contributed by atoms with Crippen LogP contribution in [0.2, 0.25) is 0 Å². The maximum atomic E-state index is 10.2. The molecule has 1 atom stereocenters. The van der Waals surface area contributed by atoms with E-state index < -0.39 is 5.60 Å². The van der Waals surface area contributed by atoms with Crippen LogP contribution in [0.3, 0.4) is 0 Å². The lowest BCUT2D eigenvalue weighted by atomic mass is 10.1. The Morgan fingerprint density at radius 2 is 2.26 bits per heavy atom. The highest BCUT2D eigenvalue weighted by atomic mass is 32.2. The molecule has 0 saturated carbocycles. The van der Waals surface area contributed by atoms with Crippen molar-refractivity contribution in [2.24, 2.45) is 0 Å². The van der Waals surface area contributed by atoms with Gasteiger partial charge < -0.3 is 15.7 Å². The van der Waals surface area contributed by atoms with E-state index in [-0.39, 0.29) is 0 Å². The number of nitrogens with one attached hydrogen (secondary N) is 3. The number of thioether (sulfide) groups is 1. The average Bonchev–Trinajstić information content (AvgIpc) is 2.83. The third-order valence-corrected chi connectivity index (χ3v) is 3.54. The highest BCUT2D eigenvalue weighted by Crippen LogP contribution is 2.21. The van der Waals surface area contributed by atoms with Gasteiger partial charge >= 0.3 is 0 Å². The first kappa shape index (κ1) is 13.9. The van der Waals surface area contributed by atoms with Crippen LogP contribution in [0.25, 0.3) is 11.0 Å². The molecule has 2 heterocycles. The second-order valence-corrected chi connectivity index (χ2v) is 5.43. The second kappa shape index (κ2) is 5.62. The summed E-state index contributed by atoms with van der Waals surface area (Å²) in [6.45, 7) is 2.21. The predicted octanol–water partition coefficient (Wildman–Crippen LogP) is 0.920. The minimum Gasteiger partial charge on any atom is -0.387 e. The third kappa shape index (κ3) is 3.27. The quantitative estimate of drug-likeness (QED) is 0.625. The summed E-state index contributed by atoms with van der Waals surface area (Å²) < 4.78 is 0. The molecular weight excluding hydrogens is 264 g/mol. The number of rotatable bonds is 6. The lowest BCUT2D eigenvalue weighted by molar-refractivity contribution is 0.0996. The van der Waals surface area contributed by atoms with Crippen molar-refractivity contribution in [3.8, 4) is 0 Å². The van der Waals surface area contributed by atoms with Gasteiger partial charge in [0, 0.05) is 19.3 Å². The molecule has 0 aliphatic carbocycles. The monoisotopic (exact) mass is 282 g/mol. The Bertz CT molecular complexity index is 555. The van der Waals surface area contributed by atoms with Crippen LogP contribution < -0.4 is 10.6 Å². The number of anilines is 2. The summed E-state index contributed by atoms with van der Waals surface area (Å²) in [5.74, 6) is 1.81. The Balaban J connectivity index is 2.22. The summed E-state index contributed by atoms with van der Waals surface area (Å²) in [5, 5.41) is 23.8. The van der Waals surface area contributed by atoms with Crippen LogP contribution in [0.15, 0.2) is 6.20 Å². The molecule has 0 aromatic carbocycles. The molecule has 7 nitrogen and oxygen atoms in total. The lowest BCUT2D eigenvalue weighted by Gasteiger charge is -2.23. The van der Waals surface area contributed by atoms with Crippen LogP contribution in [-0.4, -0.2) is 56.5 Å². The van der Waals surface area contributed by atoms with E-state index in [0.29, 0.717) is 29.7 Å². The first-order chi connectivity index (χ1) is 9.05. The normalized spacial score (nSPS) is 14.3. The first-order valence-corrected chi connectivity index (χ1v) is 7.29. The SMILES string of the molecule is CNc1nc(NCC(C)(O)CSC)c2cn[nH]c2n1. The van der Waals surface area contributed by atoms with E-state index in [1.54, 1.807) is 31.9 Å². The van der Waals surface area contributed by atoms with Gasteiger partial charge in [-0.1, -0.05) is 0 Å². The van der Waals surface area contributed by atoms with E-state index in [2.05, 4.69) is 30.8 Å². The lowest BCUT2D eigenvalue weighted by Crippen LogP contribution is -2.36. The van der Waals surface area contributed by atoms with Gasteiger partial charge in [0.05, 0.1) is 17.2 Å². The number of hydrogen-bond donors (Lipinski definition) is 4. The van der Waals surface area contributed by atoms with Crippen molar-refractivity contribution in [2.45, 2.75) is 12.5 Å². The van der Waals surface area contributed by atoms with Crippen molar-refractivity contribution in [3.05, 3.63) is 6.20 Å². The van der Waals surface area contributed by atoms with Gasteiger partial charge in [-0.2, -0.15) is 26.8 Å². The molecule has 0 amide bonds. The standard InChI is InChI=1S/C11H18N6OS/c1-11(18,6-19-3)5-13-8-7-4-14-17-9(7)16-10(12-2)15-8/h4,18H,5-6H2,1-3H3,(H3,12,13,14,15,16,17). The number of aliphatic hydroxyl groups is 1. The fourth-order valence-electron chi connectivity index (χ4n) is 1.72. The third-order valence-electron chi connectivity index (χ3n) is 2.63. The van der Waals surface area contributed by atoms with Gasteiger partial charge in [-0.3, -0.25) is 5.10 Å². The second-order valence-electron chi connectivity index (χ2n) is 4.56. The van der Waals surface area contributed by atoms with E-state index >= 15 is 0 Å². The molecule has 4 N–H and O–H groups in total. The maximum absolute atomic E-state index is 10.2. The molecule has 0 saturated heterocycles. The van der Waals surface area contributed by atoms with Gasteiger partial charge in [-0.15, -0.1) is 0 Å². The largest absolute Gasteiger partial charge is 0.387 e. The molecule has 0 aliphatic rings. The molecule has 0 aliphatic heterocycles. The van der Waals surface area contributed by atoms with Crippen LogP contribution in [0.5, 0.6) is 0 Å². The smallest absolute Gasteiger partial charge is 0.226 e. The molecule has 2 aromatic rings. The number of H-pyrrole nitrogens is 1. The van der Waals surface area contributed by atoms with E-state index in [9.17, 15) is 5.11 Å². The Morgan fingerprint density at radius 3 is 2.95 bits per heavy atom. The molecule has 0 radical (unpaired) electrons. The van der Waals surface area contributed by atoms with Crippen LogP contribution >= 0.6 is 11.8 Å². The molecule has 104 valence electrons. The fourth-order valence-corrected chi connectivity index (χ4v) is 2.44. The summed E-state index contributed by atoms with van der Waals surface area (Å²) in [4.78, 5) is 8.59. The number of fused-ring (bicyclic) bond motifs is 1. The van der Waals surface area contributed by atoms with Crippen molar-refractivity contribution in [1.29, 1.82) is 0 Å². The van der Waals surface area contributed by atoms with Crippen molar-refractivity contribution in [1.82, 2.24) is 20.2 Å². The summed E-state index contributed by atoms with van der Waals surface area (Å²) in [6, 6.07) is 0. The van der Waals surface area contributed by atoms with Gasteiger partial charge in [0.15, 0.2) is 5.65 Å². The van der Waals surface area contributed by atoms with Crippen molar-refractivity contribution >= 4 is 34.6 Å². The van der Waals surface area contributed by atoms with Gasteiger partial charge in [0.2, 0.25) is 5.95 Å². The first-order valence-electron chi connectivity index (χ1n) is 5.90. The van der Waals surface area contributed by atoms with Crippen LogP contribution in [0, 0.1) is 0 Å². The molecular formula is C11H18N6OS. The minimum absolute atomic E-state index is 0.411. The van der Waals surface area contributed by atoms with Crippen LogP contribution in [-0.2, 0) is 0 Å². The highest BCUT2D eigenvalue weighted by molar-refractivity contribution is 7.98. The van der Waals surface area contributed by atoms with Gasteiger partial charge in [-0.25, -0.2) is 0 Å². The van der Waals surface area contributed by atoms with Crippen LogP contribution in [0.1, 0.15) is 6.92 Å². The number of nitrogens with zero attached hydrogens (tertiary/aromatic N) is 3. The molecule has 0 spiro atoms. The molecule has 2 rings (SSSR count). The zero-order chi connectivity index (χ0) is 13.9.